The molecular formula is C21H19ClN4O2S2. The molecule has 5 rings (SSSR count). The van der Waals surface area contributed by atoms with Gasteiger partial charge in [-0.25, -0.2) is 4.98 Å². The van der Waals surface area contributed by atoms with Crippen LogP contribution in [-0.2, 0) is 17.0 Å². The molecule has 0 aliphatic carbocycles. The first-order chi connectivity index (χ1) is 14.8. The monoisotopic (exact) mass is 458 g/mol. The van der Waals surface area contributed by atoms with Crippen LogP contribution in [0, 0.1) is 0 Å². The van der Waals surface area contributed by atoms with Gasteiger partial charge in [0, 0.05) is 17.2 Å². The third-order valence-electron chi connectivity index (χ3n) is 4.86. The van der Waals surface area contributed by atoms with Crippen LogP contribution in [0.3, 0.4) is 0 Å². The van der Waals surface area contributed by atoms with E-state index < -0.39 is 0 Å². The third-order valence-corrected chi connectivity index (χ3v) is 6.91. The first-order valence-electron chi connectivity index (χ1n) is 9.68. The minimum Gasteiger partial charge on any atom is -0.440 e. The second-order valence-corrected chi connectivity index (χ2v) is 9.27. The summed E-state index contributed by atoms with van der Waals surface area (Å²) >= 11 is 9.31. The average molecular weight is 459 g/mol. The van der Waals surface area contributed by atoms with Crippen molar-refractivity contribution < 1.29 is 9.15 Å². The molecule has 0 N–H and O–H groups in total. The minimum absolute atomic E-state index is 0.204. The lowest BCUT2D eigenvalue weighted by molar-refractivity contribution is 0.0953. The van der Waals surface area contributed by atoms with Gasteiger partial charge in [-0.2, -0.15) is 0 Å². The Hall–Kier alpha value is -2.13. The Morgan fingerprint density at radius 1 is 1.23 bits per heavy atom. The van der Waals surface area contributed by atoms with E-state index in [0.29, 0.717) is 22.4 Å². The zero-order chi connectivity index (χ0) is 20.3. The van der Waals surface area contributed by atoms with E-state index in [-0.39, 0.29) is 6.10 Å². The van der Waals surface area contributed by atoms with E-state index in [9.17, 15) is 0 Å². The molecule has 0 spiro atoms. The van der Waals surface area contributed by atoms with Crippen LogP contribution in [0.5, 0.6) is 0 Å². The van der Waals surface area contributed by atoms with E-state index in [0.717, 1.165) is 47.4 Å². The highest BCUT2D eigenvalue weighted by Crippen LogP contribution is 2.31. The molecule has 0 bridgehead atoms. The molecule has 1 aliphatic heterocycles. The summed E-state index contributed by atoms with van der Waals surface area (Å²) in [5.41, 5.74) is 0.910. The molecule has 4 aromatic rings. The lowest BCUT2D eigenvalue weighted by Crippen LogP contribution is -2.16. The third kappa shape index (κ3) is 4.32. The highest BCUT2D eigenvalue weighted by Gasteiger charge is 2.22. The van der Waals surface area contributed by atoms with Crippen LogP contribution >= 0.6 is 34.7 Å². The Morgan fingerprint density at radius 3 is 3.00 bits per heavy atom. The van der Waals surface area contributed by atoms with Crippen LogP contribution in [0.1, 0.15) is 18.7 Å². The van der Waals surface area contributed by atoms with E-state index in [2.05, 4.69) is 31.2 Å². The first-order valence-corrected chi connectivity index (χ1v) is 11.9. The maximum Gasteiger partial charge on any atom is 0.205 e. The number of ether oxygens (including phenoxy) is 1. The minimum atomic E-state index is 0.204. The Morgan fingerprint density at radius 2 is 2.20 bits per heavy atom. The number of aromatic nitrogens is 4. The number of thiophene rings is 1. The maximum atomic E-state index is 6.08. The summed E-state index contributed by atoms with van der Waals surface area (Å²) in [6.45, 7) is 1.58. The lowest BCUT2D eigenvalue weighted by atomic mass is 10.2. The van der Waals surface area contributed by atoms with Gasteiger partial charge in [-0.05, 0) is 36.4 Å². The van der Waals surface area contributed by atoms with Gasteiger partial charge in [0.2, 0.25) is 5.89 Å². The van der Waals surface area contributed by atoms with Crippen LogP contribution in [0.2, 0.25) is 5.02 Å². The van der Waals surface area contributed by atoms with Crippen molar-refractivity contribution in [2.75, 3.05) is 6.61 Å². The van der Waals surface area contributed by atoms with Crippen molar-refractivity contribution in [3.8, 4) is 22.0 Å². The molecule has 0 amide bonds. The number of halogens is 1. The van der Waals surface area contributed by atoms with Crippen LogP contribution < -0.4 is 0 Å². The Kier molecular flexibility index (Phi) is 5.90. The van der Waals surface area contributed by atoms with Gasteiger partial charge in [-0.15, -0.1) is 21.5 Å². The van der Waals surface area contributed by atoms with Crippen LogP contribution in [0.4, 0.5) is 0 Å². The molecular weight excluding hydrogens is 440 g/mol. The van der Waals surface area contributed by atoms with Crippen molar-refractivity contribution >= 4 is 34.7 Å². The standard InChI is InChI=1S/C21H19ClN4O2S2/c22-15-5-1-4-14(10-15)17-11-23-19(28-17)13-30-21-25-24-20(18-7-3-9-29-18)26(21)12-16-6-2-8-27-16/h1,3-5,7,9-11,16H,2,6,8,12-13H2. The first kappa shape index (κ1) is 19.8. The van der Waals surface area contributed by atoms with Gasteiger partial charge in [-0.1, -0.05) is 41.6 Å². The van der Waals surface area contributed by atoms with Gasteiger partial charge in [0.05, 0.1) is 29.5 Å². The van der Waals surface area contributed by atoms with E-state index in [1.165, 1.54) is 0 Å². The highest BCUT2D eigenvalue weighted by molar-refractivity contribution is 7.98. The smallest absolute Gasteiger partial charge is 0.205 e. The molecule has 1 atom stereocenters. The summed E-state index contributed by atoms with van der Waals surface area (Å²) in [7, 11) is 0. The topological polar surface area (TPSA) is 66.0 Å². The van der Waals surface area contributed by atoms with Crippen LogP contribution in [-0.4, -0.2) is 32.5 Å². The van der Waals surface area contributed by atoms with Crippen molar-refractivity contribution in [2.24, 2.45) is 0 Å². The predicted octanol–water partition coefficient (Wildman–Crippen LogP) is 5.79. The Bertz CT molecular complexity index is 1120. The number of benzene rings is 1. The summed E-state index contributed by atoms with van der Waals surface area (Å²) in [5.74, 6) is 2.79. The molecule has 6 nitrogen and oxygen atoms in total. The lowest BCUT2D eigenvalue weighted by Gasteiger charge is -2.13. The van der Waals surface area contributed by atoms with Crippen molar-refractivity contribution in [1.29, 1.82) is 0 Å². The number of oxazole rings is 1. The van der Waals surface area contributed by atoms with Gasteiger partial charge in [0.25, 0.3) is 0 Å². The number of nitrogens with zero attached hydrogens (tertiary/aromatic N) is 4. The van der Waals surface area contributed by atoms with Crippen molar-refractivity contribution in [3.05, 3.63) is 58.9 Å². The van der Waals surface area contributed by atoms with Crippen LogP contribution in [0.15, 0.2) is 57.5 Å². The summed E-state index contributed by atoms with van der Waals surface area (Å²) < 4.78 is 13.9. The molecule has 154 valence electrons. The second-order valence-electron chi connectivity index (χ2n) is 6.95. The van der Waals surface area contributed by atoms with E-state index in [4.69, 9.17) is 20.8 Å². The number of hydrogen-bond donors (Lipinski definition) is 0. The van der Waals surface area contributed by atoms with E-state index in [1.807, 2.05) is 30.3 Å². The maximum absolute atomic E-state index is 6.08. The second kappa shape index (κ2) is 8.93. The summed E-state index contributed by atoms with van der Waals surface area (Å²) in [6.07, 6.45) is 4.10. The molecule has 1 saturated heterocycles. The summed E-state index contributed by atoms with van der Waals surface area (Å²) in [5, 5.41) is 12.5. The Balaban J connectivity index is 1.35. The molecule has 3 aromatic heterocycles. The molecule has 0 radical (unpaired) electrons. The average Bonchev–Trinajstić information content (AvgIpc) is 3.54. The summed E-state index contributed by atoms with van der Waals surface area (Å²) in [6, 6.07) is 11.7. The van der Waals surface area contributed by atoms with E-state index >= 15 is 0 Å². The molecule has 4 heterocycles. The molecule has 1 fully saturated rings. The zero-order valence-corrected chi connectivity index (χ0v) is 18.4. The van der Waals surface area contributed by atoms with Crippen molar-refractivity contribution in [1.82, 2.24) is 19.7 Å². The number of thioether (sulfide) groups is 1. The Labute approximate surface area is 187 Å². The van der Waals surface area contributed by atoms with Crippen molar-refractivity contribution in [3.63, 3.8) is 0 Å². The van der Waals surface area contributed by atoms with Gasteiger partial charge in [0.15, 0.2) is 16.7 Å². The molecule has 1 aromatic carbocycles. The molecule has 1 unspecified atom stereocenters. The SMILES string of the molecule is Clc1cccc(-c2cnc(CSc3nnc(-c4cccs4)n3CC3CCCO3)o2)c1. The molecule has 30 heavy (non-hydrogen) atoms. The highest BCUT2D eigenvalue weighted by atomic mass is 35.5. The zero-order valence-electron chi connectivity index (χ0n) is 16.0. The largest absolute Gasteiger partial charge is 0.440 e. The summed E-state index contributed by atoms with van der Waals surface area (Å²) in [4.78, 5) is 5.52. The quantitative estimate of drug-likeness (QED) is 0.327. The number of rotatable bonds is 7. The normalized spacial score (nSPS) is 16.4. The van der Waals surface area contributed by atoms with E-state index in [1.54, 1.807) is 29.3 Å². The molecule has 1 aliphatic rings. The van der Waals surface area contributed by atoms with Gasteiger partial charge < -0.3 is 9.15 Å². The fourth-order valence-corrected chi connectivity index (χ4v) is 5.13. The number of hydrogen-bond acceptors (Lipinski definition) is 7. The molecule has 0 saturated carbocycles. The van der Waals surface area contributed by atoms with Crippen LogP contribution in [0.25, 0.3) is 22.0 Å². The molecule has 9 heteroatoms. The fourth-order valence-electron chi connectivity index (χ4n) is 3.42. The van der Waals surface area contributed by atoms with Gasteiger partial charge in [-0.3, -0.25) is 4.57 Å². The van der Waals surface area contributed by atoms with Gasteiger partial charge >= 0.3 is 0 Å². The van der Waals surface area contributed by atoms with Crippen molar-refractivity contribution in [2.45, 2.75) is 36.4 Å². The van der Waals surface area contributed by atoms with Gasteiger partial charge in [0.1, 0.15) is 0 Å². The fraction of sp³-hybridized carbons (Fsp3) is 0.286. The predicted molar refractivity (Wildman–Crippen MR) is 119 cm³/mol.